The summed E-state index contributed by atoms with van der Waals surface area (Å²) in [6, 6.07) is 6.42. The third kappa shape index (κ3) is 4.12. The number of carbonyl (C=O) groups excluding carboxylic acids is 2. The number of hydrogen-bond donors (Lipinski definition) is 3. The van der Waals surface area contributed by atoms with Gasteiger partial charge in [-0.15, -0.1) is 5.10 Å². The van der Waals surface area contributed by atoms with Gasteiger partial charge in [0.1, 0.15) is 5.25 Å². The van der Waals surface area contributed by atoms with Gasteiger partial charge in [0, 0.05) is 10.7 Å². The Labute approximate surface area is 162 Å². The smallest absolute Gasteiger partial charge is 0.305 e. The molecule has 1 aliphatic heterocycles. The number of nitrogens with zero attached hydrogens (tertiary/aromatic N) is 3. The number of halogens is 1. The lowest BCUT2D eigenvalue weighted by Crippen LogP contribution is -2.34. The number of rotatable bonds is 5. The van der Waals surface area contributed by atoms with E-state index < -0.39 is 23.0 Å². The van der Waals surface area contributed by atoms with Crippen LogP contribution in [0, 0.1) is 6.92 Å². The molecule has 9 nitrogen and oxygen atoms in total. The number of H-pyrrole nitrogens is 1. The van der Waals surface area contributed by atoms with Gasteiger partial charge in [-0.2, -0.15) is 0 Å². The third-order valence-corrected chi connectivity index (χ3v) is 5.07. The zero-order chi connectivity index (χ0) is 19.6. The van der Waals surface area contributed by atoms with E-state index in [0.29, 0.717) is 16.4 Å². The number of nitrogens with one attached hydrogen (secondary N) is 2. The number of amidine groups is 1. The molecule has 1 fully saturated rings. The van der Waals surface area contributed by atoms with Gasteiger partial charge in [0.25, 0.3) is 5.91 Å². The molecule has 3 N–H and O–H groups in total. The fraction of sp³-hybridized carbons (Fsp3) is 0.188. The summed E-state index contributed by atoms with van der Waals surface area (Å²) in [5, 5.41) is 12.8. The minimum absolute atomic E-state index is 0.162. The number of aromatic nitrogens is 2. The molecule has 0 saturated carbocycles. The molecule has 1 aromatic heterocycles. The molecule has 1 saturated heterocycles. The Kier molecular flexibility index (Phi) is 5.47. The number of carbonyl (C=O) groups is 3. The average Bonchev–Trinajstić information content (AvgIpc) is 3.17. The van der Waals surface area contributed by atoms with E-state index in [2.05, 4.69) is 20.5 Å². The Hall–Kier alpha value is -2.85. The molecule has 2 amide bonds. The van der Waals surface area contributed by atoms with Crippen molar-refractivity contribution in [2.24, 2.45) is 5.10 Å². The van der Waals surface area contributed by atoms with Crippen LogP contribution in [0.4, 0.5) is 5.69 Å². The maximum Gasteiger partial charge on any atom is 0.305 e. The number of aromatic amines is 1. The second kappa shape index (κ2) is 7.80. The van der Waals surface area contributed by atoms with E-state index in [-0.39, 0.29) is 17.3 Å². The molecule has 0 aliphatic carbocycles. The van der Waals surface area contributed by atoms with Gasteiger partial charge in [-0.25, -0.2) is 10.4 Å². The van der Waals surface area contributed by atoms with Gasteiger partial charge >= 0.3 is 5.97 Å². The number of aliphatic carboxylic acids is 1. The Morgan fingerprint density at radius 2 is 2.11 bits per heavy atom. The van der Waals surface area contributed by atoms with Gasteiger partial charge in [-0.05, 0) is 31.2 Å². The molecule has 2 aromatic rings. The maximum atomic E-state index is 12.7. The van der Waals surface area contributed by atoms with Gasteiger partial charge in [-0.1, -0.05) is 23.4 Å². The lowest BCUT2D eigenvalue weighted by atomic mass is 10.2. The number of thioether (sulfide) groups is 1. The van der Waals surface area contributed by atoms with Crippen molar-refractivity contribution < 1.29 is 19.5 Å². The lowest BCUT2D eigenvalue weighted by molar-refractivity contribution is -0.138. The molecule has 27 heavy (non-hydrogen) atoms. The van der Waals surface area contributed by atoms with E-state index >= 15 is 0 Å². The molecule has 0 spiro atoms. The molecule has 1 unspecified atom stereocenters. The molecule has 11 heteroatoms. The standard InChI is InChI=1S/C16H14ClN5O4S/c1-8-13(19-7-18-8)14(25)20-21-16-22(10-4-2-9(17)3-5-10)15(26)11(27-16)6-12(23)24/h2-5,7,11H,6H2,1H3,(H,18,19)(H,20,25)(H,23,24)/b21-16+. The molecular formula is C16H14ClN5O4S. The van der Waals surface area contributed by atoms with Crippen LogP contribution in [-0.2, 0) is 9.59 Å². The van der Waals surface area contributed by atoms with Crippen molar-refractivity contribution in [2.75, 3.05) is 4.90 Å². The van der Waals surface area contributed by atoms with Gasteiger partial charge in [0.05, 0.1) is 18.4 Å². The fourth-order valence-corrected chi connectivity index (χ4v) is 3.61. The summed E-state index contributed by atoms with van der Waals surface area (Å²) in [6.07, 6.45) is 1.02. The first-order chi connectivity index (χ1) is 12.9. The van der Waals surface area contributed by atoms with Crippen molar-refractivity contribution >= 4 is 52.0 Å². The van der Waals surface area contributed by atoms with Crippen LogP contribution in [-0.4, -0.2) is 43.3 Å². The number of hydrazone groups is 1. The summed E-state index contributed by atoms with van der Waals surface area (Å²) in [5.74, 6) is -2.09. The Morgan fingerprint density at radius 1 is 1.41 bits per heavy atom. The monoisotopic (exact) mass is 407 g/mol. The molecule has 1 aromatic carbocycles. The topological polar surface area (TPSA) is 128 Å². The van der Waals surface area contributed by atoms with Crippen LogP contribution in [0.3, 0.4) is 0 Å². The summed E-state index contributed by atoms with van der Waals surface area (Å²) >= 11 is 6.85. The van der Waals surface area contributed by atoms with E-state index in [9.17, 15) is 14.4 Å². The van der Waals surface area contributed by atoms with Crippen molar-refractivity contribution in [3.8, 4) is 0 Å². The third-order valence-electron chi connectivity index (χ3n) is 3.68. The molecule has 1 atom stereocenters. The summed E-state index contributed by atoms with van der Waals surface area (Å²) in [6.45, 7) is 1.69. The van der Waals surface area contributed by atoms with Crippen molar-refractivity contribution in [3.05, 3.63) is 47.0 Å². The number of benzene rings is 1. The van der Waals surface area contributed by atoms with Gasteiger partial charge in [-0.3, -0.25) is 19.3 Å². The van der Waals surface area contributed by atoms with E-state index in [1.54, 1.807) is 31.2 Å². The van der Waals surface area contributed by atoms with Gasteiger partial charge in [0.2, 0.25) is 5.91 Å². The highest BCUT2D eigenvalue weighted by atomic mass is 35.5. The molecule has 1 aliphatic rings. The SMILES string of the molecule is Cc1[nH]cnc1C(=O)N/N=C1/SC(CC(=O)O)C(=O)N1c1ccc(Cl)cc1. The van der Waals surface area contributed by atoms with Crippen LogP contribution < -0.4 is 10.3 Å². The van der Waals surface area contributed by atoms with Crippen molar-refractivity contribution in [1.82, 2.24) is 15.4 Å². The first kappa shape index (κ1) is 18.9. The molecule has 2 heterocycles. The predicted octanol–water partition coefficient (Wildman–Crippen LogP) is 2.00. The second-order valence-electron chi connectivity index (χ2n) is 5.57. The zero-order valence-electron chi connectivity index (χ0n) is 14.0. The summed E-state index contributed by atoms with van der Waals surface area (Å²) in [4.78, 5) is 43.8. The largest absolute Gasteiger partial charge is 0.481 e. The quantitative estimate of drug-likeness (QED) is 0.650. The summed E-state index contributed by atoms with van der Waals surface area (Å²) < 4.78 is 0. The Balaban J connectivity index is 1.88. The van der Waals surface area contributed by atoms with Gasteiger partial charge in [0.15, 0.2) is 10.9 Å². The summed E-state index contributed by atoms with van der Waals surface area (Å²) in [5.41, 5.74) is 3.56. The number of anilines is 1. The minimum Gasteiger partial charge on any atom is -0.481 e. The highest BCUT2D eigenvalue weighted by Crippen LogP contribution is 2.34. The predicted molar refractivity (Wildman–Crippen MR) is 101 cm³/mol. The van der Waals surface area contributed by atoms with Crippen LogP contribution in [0.5, 0.6) is 0 Å². The molecule has 3 rings (SSSR count). The number of imidazole rings is 1. The zero-order valence-corrected chi connectivity index (χ0v) is 15.5. The van der Waals surface area contributed by atoms with Crippen molar-refractivity contribution in [2.45, 2.75) is 18.6 Å². The Bertz CT molecular complexity index is 927. The van der Waals surface area contributed by atoms with E-state index in [1.165, 1.54) is 11.2 Å². The van der Waals surface area contributed by atoms with Crippen LogP contribution in [0.1, 0.15) is 22.6 Å². The van der Waals surface area contributed by atoms with E-state index in [4.69, 9.17) is 16.7 Å². The van der Waals surface area contributed by atoms with Crippen molar-refractivity contribution in [1.29, 1.82) is 0 Å². The number of hydrogen-bond acceptors (Lipinski definition) is 6. The highest BCUT2D eigenvalue weighted by molar-refractivity contribution is 8.16. The fourth-order valence-electron chi connectivity index (χ4n) is 2.40. The molecular weight excluding hydrogens is 394 g/mol. The summed E-state index contributed by atoms with van der Waals surface area (Å²) in [7, 11) is 0. The highest BCUT2D eigenvalue weighted by Gasteiger charge is 2.40. The van der Waals surface area contributed by atoms with Crippen LogP contribution in [0.25, 0.3) is 0 Å². The first-order valence-corrected chi connectivity index (χ1v) is 8.98. The second-order valence-corrected chi connectivity index (χ2v) is 7.17. The molecule has 140 valence electrons. The Morgan fingerprint density at radius 3 is 2.70 bits per heavy atom. The normalized spacial score (nSPS) is 18.1. The number of aryl methyl sites for hydroxylation is 1. The van der Waals surface area contributed by atoms with Crippen LogP contribution in [0.2, 0.25) is 5.02 Å². The minimum atomic E-state index is -1.10. The van der Waals surface area contributed by atoms with E-state index in [0.717, 1.165) is 11.8 Å². The van der Waals surface area contributed by atoms with Crippen LogP contribution >= 0.6 is 23.4 Å². The van der Waals surface area contributed by atoms with Crippen LogP contribution in [0.15, 0.2) is 35.7 Å². The van der Waals surface area contributed by atoms with Gasteiger partial charge < -0.3 is 10.1 Å². The molecule has 0 radical (unpaired) electrons. The van der Waals surface area contributed by atoms with Crippen molar-refractivity contribution in [3.63, 3.8) is 0 Å². The lowest BCUT2D eigenvalue weighted by Gasteiger charge is -2.16. The molecule has 0 bridgehead atoms. The number of carboxylic acids is 1. The first-order valence-electron chi connectivity index (χ1n) is 7.73. The number of amides is 2. The number of carboxylic acid groups (broad SMARTS) is 1. The average molecular weight is 408 g/mol. The van der Waals surface area contributed by atoms with E-state index in [1.807, 2.05) is 0 Å². The maximum absolute atomic E-state index is 12.7.